The maximum Gasteiger partial charge on any atom is 0.246 e. The average molecular weight is 308 g/mol. The normalized spacial score (nSPS) is 15.2. The van der Waals surface area contributed by atoms with Gasteiger partial charge in [-0.15, -0.1) is 0 Å². The van der Waals surface area contributed by atoms with Crippen LogP contribution in [0.2, 0.25) is 0 Å². The molecule has 0 radical (unpaired) electrons. The highest BCUT2D eigenvalue weighted by atomic mass is 32.2. The minimum atomic E-state index is -3.91. The number of pyridine rings is 1. The lowest BCUT2D eigenvalue weighted by atomic mass is 10.4. The molecule has 0 bridgehead atoms. The number of rotatable bonds is 4. The summed E-state index contributed by atoms with van der Waals surface area (Å²) in [6.45, 7) is 1.11. The van der Waals surface area contributed by atoms with Crippen LogP contribution in [0.1, 0.15) is 18.5 Å². The second-order valence-electron chi connectivity index (χ2n) is 4.81. The van der Waals surface area contributed by atoms with Gasteiger partial charge in [0.1, 0.15) is 11.0 Å². The summed E-state index contributed by atoms with van der Waals surface area (Å²) in [6.07, 6.45) is 3.25. The molecule has 0 unspecified atom stereocenters. The first-order chi connectivity index (χ1) is 9.96. The van der Waals surface area contributed by atoms with Gasteiger partial charge in [0.25, 0.3) is 0 Å². The van der Waals surface area contributed by atoms with Crippen LogP contribution in [0.25, 0.3) is 0 Å². The van der Waals surface area contributed by atoms with Crippen LogP contribution < -0.4 is 0 Å². The molecule has 0 aliphatic carbocycles. The lowest BCUT2D eigenvalue weighted by Crippen LogP contribution is -2.40. The summed E-state index contributed by atoms with van der Waals surface area (Å²) in [5.74, 6) is -0.221. The molecule has 112 valence electrons. The zero-order valence-corrected chi connectivity index (χ0v) is 12.5. The van der Waals surface area contributed by atoms with Gasteiger partial charge in [-0.2, -0.15) is 9.57 Å². The Morgan fingerprint density at radius 3 is 2.76 bits per heavy atom. The van der Waals surface area contributed by atoms with E-state index in [2.05, 4.69) is 4.98 Å². The smallest absolute Gasteiger partial charge is 0.246 e. The van der Waals surface area contributed by atoms with E-state index < -0.39 is 10.0 Å². The van der Waals surface area contributed by atoms with Crippen molar-refractivity contribution in [3.05, 3.63) is 24.0 Å². The third kappa shape index (κ3) is 3.20. The van der Waals surface area contributed by atoms with Crippen LogP contribution in [-0.4, -0.2) is 55.2 Å². The van der Waals surface area contributed by atoms with Gasteiger partial charge in [-0.3, -0.25) is 4.79 Å². The molecule has 0 saturated carbocycles. The molecule has 1 saturated heterocycles. The minimum absolute atomic E-state index is 0.169. The van der Waals surface area contributed by atoms with Crippen molar-refractivity contribution in [3.63, 3.8) is 0 Å². The minimum Gasteiger partial charge on any atom is -0.342 e. The number of carbonyl (C=O) groups excluding carboxylic acids is 1. The van der Waals surface area contributed by atoms with Crippen LogP contribution in [0.15, 0.2) is 23.2 Å². The summed E-state index contributed by atoms with van der Waals surface area (Å²) in [7, 11) is -2.57. The molecule has 1 aliphatic heterocycles. The predicted octanol–water partition coefficient (Wildman–Crippen LogP) is 0.196. The molecule has 1 aliphatic rings. The highest BCUT2D eigenvalue weighted by Crippen LogP contribution is 2.17. The van der Waals surface area contributed by atoms with E-state index in [4.69, 9.17) is 5.26 Å². The van der Waals surface area contributed by atoms with E-state index in [1.54, 1.807) is 11.0 Å². The Morgan fingerprint density at radius 2 is 2.14 bits per heavy atom. The SMILES string of the molecule is CN(CC(=O)N1CCCC1)S(=O)(=O)c1cccnc1C#N. The molecular weight excluding hydrogens is 292 g/mol. The molecule has 1 aromatic rings. The maximum atomic E-state index is 12.4. The van der Waals surface area contributed by atoms with Gasteiger partial charge in [-0.1, -0.05) is 0 Å². The first-order valence-corrected chi connectivity index (χ1v) is 8.00. The summed E-state index contributed by atoms with van der Waals surface area (Å²) in [5, 5.41) is 8.95. The Bertz CT molecular complexity index is 675. The lowest BCUT2D eigenvalue weighted by molar-refractivity contribution is -0.130. The van der Waals surface area contributed by atoms with Crippen LogP contribution in [0.5, 0.6) is 0 Å². The van der Waals surface area contributed by atoms with Gasteiger partial charge in [0, 0.05) is 26.3 Å². The third-order valence-electron chi connectivity index (χ3n) is 3.38. The van der Waals surface area contributed by atoms with Crippen LogP contribution in [-0.2, 0) is 14.8 Å². The van der Waals surface area contributed by atoms with Crippen molar-refractivity contribution in [2.45, 2.75) is 17.7 Å². The Balaban J connectivity index is 2.19. The van der Waals surface area contributed by atoms with Gasteiger partial charge in [-0.05, 0) is 25.0 Å². The molecular formula is C13H16N4O3S. The molecule has 0 N–H and O–H groups in total. The van der Waals surface area contributed by atoms with E-state index in [1.165, 1.54) is 25.4 Å². The Labute approximate surface area is 123 Å². The summed E-state index contributed by atoms with van der Waals surface area (Å²) in [4.78, 5) is 17.2. The highest BCUT2D eigenvalue weighted by molar-refractivity contribution is 7.89. The number of aromatic nitrogens is 1. The summed E-state index contributed by atoms with van der Waals surface area (Å²) in [5.41, 5.74) is -0.169. The van der Waals surface area contributed by atoms with Gasteiger partial charge in [0.05, 0.1) is 6.54 Å². The van der Waals surface area contributed by atoms with Crippen molar-refractivity contribution >= 4 is 15.9 Å². The quantitative estimate of drug-likeness (QED) is 0.791. The summed E-state index contributed by atoms with van der Waals surface area (Å²) >= 11 is 0. The van der Waals surface area contributed by atoms with Gasteiger partial charge in [-0.25, -0.2) is 13.4 Å². The molecule has 8 heteroatoms. The van der Waals surface area contributed by atoms with Gasteiger partial charge < -0.3 is 4.90 Å². The fourth-order valence-corrected chi connectivity index (χ4v) is 3.40. The topological polar surface area (TPSA) is 94.4 Å². The van der Waals surface area contributed by atoms with Gasteiger partial charge in [0.2, 0.25) is 15.9 Å². The van der Waals surface area contributed by atoms with Crippen molar-refractivity contribution in [2.75, 3.05) is 26.7 Å². The zero-order valence-electron chi connectivity index (χ0n) is 11.7. The number of hydrogen-bond acceptors (Lipinski definition) is 5. The number of likely N-dealkylation sites (N-methyl/N-ethyl adjacent to an activating group) is 1. The third-order valence-corrected chi connectivity index (χ3v) is 5.22. The molecule has 1 aromatic heterocycles. The first kappa shape index (κ1) is 15.4. The van der Waals surface area contributed by atoms with Crippen LogP contribution in [0, 0.1) is 11.3 Å². The highest BCUT2D eigenvalue weighted by Gasteiger charge is 2.28. The molecule has 2 rings (SSSR count). The fourth-order valence-electron chi connectivity index (χ4n) is 2.19. The summed E-state index contributed by atoms with van der Waals surface area (Å²) in [6, 6.07) is 4.52. The first-order valence-electron chi connectivity index (χ1n) is 6.56. The number of likely N-dealkylation sites (tertiary alicyclic amines) is 1. The monoisotopic (exact) mass is 308 g/mol. The van der Waals surface area contributed by atoms with Crippen LogP contribution in [0.4, 0.5) is 0 Å². The largest absolute Gasteiger partial charge is 0.342 e. The summed E-state index contributed by atoms with van der Waals surface area (Å²) < 4.78 is 25.8. The van der Waals surface area contributed by atoms with E-state index in [-0.39, 0.29) is 23.0 Å². The van der Waals surface area contributed by atoms with Gasteiger partial charge in [0.15, 0.2) is 5.69 Å². The number of carbonyl (C=O) groups is 1. The van der Waals surface area contributed by atoms with Crippen LogP contribution in [0.3, 0.4) is 0 Å². The maximum absolute atomic E-state index is 12.4. The van der Waals surface area contributed by atoms with E-state index >= 15 is 0 Å². The number of hydrogen-bond donors (Lipinski definition) is 0. The van der Waals surface area contributed by atoms with Crippen molar-refractivity contribution in [3.8, 4) is 6.07 Å². The van der Waals surface area contributed by atoms with Gasteiger partial charge >= 0.3 is 0 Å². The second kappa shape index (κ2) is 6.20. The fraction of sp³-hybridized carbons (Fsp3) is 0.462. The molecule has 2 heterocycles. The Hall–Kier alpha value is -1.98. The van der Waals surface area contributed by atoms with E-state index in [1.807, 2.05) is 0 Å². The van der Waals surface area contributed by atoms with E-state index in [0.29, 0.717) is 13.1 Å². The number of sulfonamides is 1. The Morgan fingerprint density at radius 1 is 1.48 bits per heavy atom. The van der Waals surface area contributed by atoms with Crippen molar-refractivity contribution in [1.82, 2.24) is 14.2 Å². The standard InChI is InChI=1S/C13H16N4O3S/c1-16(10-13(18)17-7-2-3-8-17)21(19,20)12-5-4-6-15-11(12)9-14/h4-6H,2-3,7-8,10H2,1H3. The van der Waals surface area contributed by atoms with Crippen molar-refractivity contribution < 1.29 is 13.2 Å². The van der Waals surface area contributed by atoms with Crippen molar-refractivity contribution in [1.29, 1.82) is 5.26 Å². The van der Waals surface area contributed by atoms with E-state index in [0.717, 1.165) is 17.1 Å². The molecule has 1 amide bonds. The van der Waals surface area contributed by atoms with E-state index in [9.17, 15) is 13.2 Å². The second-order valence-corrected chi connectivity index (χ2v) is 6.82. The number of nitriles is 1. The Kier molecular flexibility index (Phi) is 4.55. The molecule has 21 heavy (non-hydrogen) atoms. The van der Waals surface area contributed by atoms with Crippen LogP contribution >= 0.6 is 0 Å². The molecule has 0 spiro atoms. The number of nitrogens with zero attached hydrogens (tertiary/aromatic N) is 4. The lowest BCUT2D eigenvalue weighted by Gasteiger charge is -2.21. The molecule has 0 aromatic carbocycles. The zero-order chi connectivity index (χ0) is 15.5. The number of amides is 1. The molecule has 7 nitrogen and oxygen atoms in total. The average Bonchev–Trinajstić information content (AvgIpc) is 3.01. The van der Waals surface area contributed by atoms with Crippen molar-refractivity contribution in [2.24, 2.45) is 0 Å². The molecule has 0 atom stereocenters. The predicted molar refractivity (Wildman–Crippen MR) is 74.6 cm³/mol. The molecule has 1 fully saturated rings.